The topological polar surface area (TPSA) is 43.1 Å². The van der Waals surface area contributed by atoms with Crippen LogP contribution in [-0.2, 0) is 4.79 Å². The standard InChI is InChI=1S/C15H31NO/c1-3-14(2)12-10-8-6-4-5-7-9-11-13-15(16)17/h14H,3-13H2,1-2H3,(H2,16,17). The SMILES string of the molecule is CCC(C)CCCCCCCCCCC(N)=O. The van der Waals surface area contributed by atoms with Crippen LogP contribution in [0.5, 0.6) is 0 Å². The molecule has 0 aromatic carbocycles. The summed E-state index contributed by atoms with van der Waals surface area (Å²) in [6.07, 6.45) is 13.5. The van der Waals surface area contributed by atoms with E-state index in [9.17, 15) is 4.79 Å². The van der Waals surface area contributed by atoms with E-state index >= 15 is 0 Å². The molecule has 17 heavy (non-hydrogen) atoms. The van der Waals surface area contributed by atoms with Gasteiger partial charge in [0.1, 0.15) is 0 Å². The Hall–Kier alpha value is -0.530. The van der Waals surface area contributed by atoms with Crippen LogP contribution in [-0.4, -0.2) is 5.91 Å². The third-order valence-corrected chi connectivity index (χ3v) is 3.57. The Bertz CT molecular complexity index is 180. The molecular weight excluding hydrogens is 210 g/mol. The van der Waals surface area contributed by atoms with E-state index in [0.717, 1.165) is 18.8 Å². The minimum absolute atomic E-state index is 0.157. The van der Waals surface area contributed by atoms with Crippen LogP contribution >= 0.6 is 0 Å². The van der Waals surface area contributed by atoms with Crippen LogP contribution in [0.2, 0.25) is 0 Å². The maximum Gasteiger partial charge on any atom is 0.217 e. The fourth-order valence-corrected chi connectivity index (χ4v) is 2.06. The number of rotatable bonds is 12. The van der Waals surface area contributed by atoms with Gasteiger partial charge < -0.3 is 5.73 Å². The Kier molecular flexibility index (Phi) is 11.6. The second-order valence-corrected chi connectivity index (χ2v) is 5.35. The van der Waals surface area contributed by atoms with Crippen molar-refractivity contribution >= 4 is 5.91 Å². The lowest BCUT2D eigenvalue weighted by molar-refractivity contribution is -0.118. The van der Waals surface area contributed by atoms with E-state index < -0.39 is 0 Å². The van der Waals surface area contributed by atoms with Crippen LogP contribution < -0.4 is 5.73 Å². The van der Waals surface area contributed by atoms with Gasteiger partial charge in [0.25, 0.3) is 0 Å². The van der Waals surface area contributed by atoms with Gasteiger partial charge in [-0.1, -0.05) is 71.6 Å². The molecular formula is C15H31NO. The summed E-state index contributed by atoms with van der Waals surface area (Å²) in [5.41, 5.74) is 5.09. The molecule has 2 N–H and O–H groups in total. The second kappa shape index (κ2) is 11.9. The lowest BCUT2D eigenvalue weighted by Gasteiger charge is -2.07. The quantitative estimate of drug-likeness (QED) is 0.505. The van der Waals surface area contributed by atoms with Crippen molar-refractivity contribution in [3.05, 3.63) is 0 Å². The molecule has 0 fully saturated rings. The molecule has 0 aromatic heterocycles. The van der Waals surface area contributed by atoms with Gasteiger partial charge in [0.05, 0.1) is 0 Å². The fourth-order valence-electron chi connectivity index (χ4n) is 2.06. The summed E-state index contributed by atoms with van der Waals surface area (Å²) in [5, 5.41) is 0. The predicted molar refractivity (Wildman–Crippen MR) is 74.8 cm³/mol. The molecule has 0 saturated heterocycles. The first-order valence-electron chi connectivity index (χ1n) is 7.45. The summed E-state index contributed by atoms with van der Waals surface area (Å²) < 4.78 is 0. The van der Waals surface area contributed by atoms with Crippen molar-refractivity contribution in [2.45, 2.75) is 84.5 Å². The molecule has 1 amide bonds. The first kappa shape index (κ1) is 16.5. The molecule has 0 spiro atoms. The fraction of sp³-hybridized carbons (Fsp3) is 0.933. The number of hydrogen-bond donors (Lipinski definition) is 1. The summed E-state index contributed by atoms with van der Waals surface area (Å²) in [5.74, 6) is 0.749. The molecule has 0 aliphatic heterocycles. The Morgan fingerprint density at radius 1 is 0.941 bits per heavy atom. The van der Waals surface area contributed by atoms with E-state index in [1.165, 1.54) is 51.4 Å². The minimum atomic E-state index is -0.157. The molecule has 0 aromatic rings. The van der Waals surface area contributed by atoms with Crippen molar-refractivity contribution < 1.29 is 4.79 Å². The number of carbonyl (C=O) groups excluding carboxylic acids is 1. The van der Waals surface area contributed by atoms with Crippen LogP contribution in [0.1, 0.15) is 84.5 Å². The summed E-state index contributed by atoms with van der Waals surface area (Å²) in [4.78, 5) is 10.5. The van der Waals surface area contributed by atoms with Gasteiger partial charge in [-0.15, -0.1) is 0 Å². The number of unbranched alkanes of at least 4 members (excludes halogenated alkanes) is 7. The number of primary amides is 1. The molecule has 0 saturated carbocycles. The van der Waals surface area contributed by atoms with Crippen LogP contribution in [0.4, 0.5) is 0 Å². The molecule has 0 bridgehead atoms. The van der Waals surface area contributed by atoms with Crippen LogP contribution in [0.15, 0.2) is 0 Å². The average Bonchev–Trinajstić information content (AvgIpc) is 2.30. The summed E-state index contributed by atoms with van der Waals surface area (Å²) in [6, 6.07) is 0. The lowest BCUT2D eigenvalue weighted by Crippen LogP contribution is -2.09. The van der Waals surface area contributed by atoms with Crippen molar-refractivity contribution in [3.8, 4) is 0 Å². The average molecular weight is 241 g/mol. The van der Waals surface area contributed by atoms with E-state index in [1.807, 2.05) is 0 Å². The van der Waals surface area contributed by atoms with Gasteiger partial charge in [-0.05, 0) is 12.3 Å². The molecule has 1 unspecified atom stereocenters. The van der Waals surface area contributed by atoms with Gasteiger partial charge in [-0.2, -0.15) is 0 Å². The number of nitrogens with two attached hydrogens (primary N) is 1. The molecule has 0 heterocycles. The minimum Gasteiger partial charge on any atom is -0.370 e. The first-order valence-corrected chi connectivity index (χ1v) is 7.45. The highest BCUT2D eigenvalue weighted by Gasteiger charge is 1.98. The van der Waals surface area contributed by atoms with Crippen molar-refractivity contribution in [1.29, 1.82) is 0 Å². The molecule has 102 valence electrons. The van der Waals surface area contributed by atoms with Crippen LogP contribution in [0, 0.1) is 5.92 Å². The highest BCUT2D eigenvalue weighted by Crippen LogP contribution is 2.14. The van der Waals surface area contributed by atoms with Crippen molar-refractivity contribution in [3.63, 3.8) is 0 Å². The van der Waals surface area contributed by atoms with Gasteiger partial charge in [0.2, 0.25) is 5.91 Å². The van der Waals surface area contributed by atoms with Crippen molar-refractivity contribution in [2.24, 2.45) is 11.7 Å². The third-order valence-electron chi connectivity index (χ3n) is 3.57. The first-order chi connectivity index (χ1) is 8.16. The second-order valence-electron chi connectivity index (χ2n) is 5.35. The molecule has 2 heteroatoms. The van der Waals surface area contributed by atoms with Gasteiger partial charge >= 0.3 is 0 Å². The maximum atomic E-state index is 10.5. The molecule has 0 radical (unpaired) electrons. The normalized spacial score (nSPS) is 12.6. The van der Waals surface area contributed by atoms with Crippen molar-refractivity contribution in [1.82, 2.24) is 0 Å². The van der Waals surface area contributed by atoms with Crippen LogP contribution in [0.25, 0.3) is 0 Å². The maximum absolute atomic E-state index is 10.5. The van der Waals surface area contributed by atoms with Crippen molar-refractivity contribution in [2.75, 3.05) is 0 Å². The van der Waals surface area contributed by atoms with E-state index in [0.29, 0.717) is 6.42 Å². The van der Waals surface area contributed by atoms with Gasteiger partial charge in [-0.25, -0.2) is 0 Å². The monoisotopic (exact) mass is 241 g/mol. The highest BCUT2D eigenvalue weighted by molar-refractivity contribution is 5.73. The summed E-state index contributed by atoms with van der Waals surface area (Å²) >= 11 is 0. The van der Waals surface area contributed by atoms with Crippen LogP contribution in [0.3, 0.4) is 0 Å². The lowest BCUT2D eigenvalue weighted by atomic mass is 9.99. The zero-order valence-electron chi connectivity index (χ0n) is 11.8. The number of hydrogen-bond acceptors (Lipinski definition) is 1. The zero-order chi connectivity index (χ0) is 12.9. The Morgan fingerprint density at radius 2 is 1.41 bits per heavy atom. The number of amides is 1. The summed E-state index contributed by atoms with van der Waals surface area (Å²) in [7, 11) is 0. The Labute approximate surface area is 107 Å². The Balaban J connectivity index is 3.01. The van der Waals surface area contributed by atoms with Gasteiger partial charge in [0.15, 0.2) is 0 Å². The molecule has 0 aliphatic rings. The third kappa shape index (κ3) is 13.4. The van der Waals surface area contributed by atoms with Gasteiger partial charge in [-0.3, -0.25) is 4.79 Å². The van der Waals surface area contributed by atoms with E-state index in [4.69, 9.17) is 5.73 Å². The van der Waals surface area contributed by atoms with E-state index in [1.54, 1.807) is 0 Å². The largest absolute Gasteiger partial charge is 0.370 e. The molecule has 2 nitrogen and oxygen atoms in total. The van der Waals surface area contributed by atoms with Gasteiger partial charge in [0, 0.05) is 6.42 Å². The highest BCUT2D eigenvalue weighted by atomic mass is 16.1. The molecule has 0 aliphatic carbocycles. The smallest absolute Gasteiger partial charge is 0.217 e. The predicted octanol–water partition coefficient (Wildman–Crippen LogP) is 4.42. The molecule has 1 atom stereocenters. The zero-order valence-corrected chi connectivity index (χ0v) is 11.8. The van der Waals surface area contributed by atoms with E-state index in [-0.39, 0.29) is 5.91 Å². The summed E-state index contributed by atoms with van der Waals surface area (Å²) in [6.45, 7) is 4.62. The Morgan fingerprint density at radius 3 is 1.88 bits per heavy atom. The van der Waals surface area contributed by atoms with E-state index in [2.05, 4.69) is 13.8 Å². The molecule has 0 rings (SSSR count). The number of carbonyl (C=O) groups is 1.